The molecule has 1 amide bonds. The zero-order valence-electron chi connectivity index (χ0n) is 10.7. The van der Waals surface area contributed by atoms with Crippen LogP contribution in [0.3, 0.4) is 0 Å². The lowest BCUT2D eigenvalue weighted by Gasteiger charge is -2.26. The van der Waals surface area contributed by atoms with Gasteiger partial charge in [0, 0.05) is 12.1 Å². The Labute approximate surface area is 112 Å². The van der Waals surface area contributed by atoms with Crippen molar-refractivity contribution in [2.45, 2.75) is 25.2 Å². The number of nitrogens with zero attached hydrogens (tertiary/aromatic N) is 1. The summed E-state index contributed by atoms with van der Waals surface area (Å²) in [6.45, 7) is 0. The predicted octanol–water partition coefficient (Wildman–Crippen LogP) is 2.65. The normalized spacial score (nSPS) is 17.8. The van der Waals surface area contributed by atoms with Gasteiger partial charge < -0.3 is 5.73 Å². The molecular formula is C16H16N2O. The van der Waals surface area contributed by atoms with Gasteiger partial charge in [-0.1, -0.05) is 30.3 Å². The quantitative estimate of drug-likeness (QED) is 0.893. The van der Waals surface area contributed by atoms with E-state index in [4.69, 9.17) is 5.73 Å². The molecule has 3 nitrogen and oxygen atoms in total. The number of amides is 1. The van der Waals surface area contributed by atoms with E-state index in [0.717, 1.165) is 24.8 Å². The first-order valence-corrected chi connectivity index (χ1v) is 6.60. The number of carbonyl (C=O) groups excluding carboxylic acids is 1. The van der Waals surface area contributed by atoms with Crippen LogP contribution in [0.25, 0.3) is 0 Å². The molecule has 3 rings (SSSR count). The number of aromatic nitrogens is 1. The number of rotatable bonds is 2. The van der Waals surface area contributed by atoms with Crippen molar-refractivity contribution in [1.29, 1.82) is 0 Å². The monoisotopic (exact) mass is 252 g/mol. The van der Waals surface area contributed by atoms with Crippen LogP contribution in [0, 0.1) is 0 Å². The number of aryl methyl sites for hydroxylation is 1. The number of pyridine rings is 1. The molecule has 0 saturated carbocycles. The van der Waals surface area contributed by atoms with E-state index in [-0.39, 0.29) is 5.92 Å². The van der Waals surface area contributed by atoms with Gasteiger partial charge in [-0.05, 0) is 42.0 Å². The van der Waals surface area contributed by atoms with Gasteiger partial charge in [-0.2, -0.15) is 0 Å². The first kappa shape index (κ1) is 11.9. The average molecular weight is 252 g/mol. The van der Waals surface area contributed by atoms with Crippen LogP contribution < -0.4 is 5.73 Å². The largest absolute Gasteiger partial charge is 0.364 e. The van der Waals surface area contributed by atoms with Crippen LogP contribution in [0.15, 0.2) is 42.6 Å². The number of carbonyl (C=O) groups is 1. The Kier molecular flexibility index (Phi) is 3.03. The third-order valence-electron chi connectivity index (χ3n) is 3.82. The van der Waals surface area contributed by atoms with Gasteiger partial charge in [-0.3, -0.25) is 9.78 Å². The predicted molar refractivity (Wildman–Crippen MR) is 74.0 cm³/mol. The maximum absolute atomic E-state index is 11.5. The molecule has 1 aromatic heterocycles. The van der Waals surface area contributed by atoms with Crippen molar-refractivity contribution in [2.24, 2.45) is 5.73 Å². The van der Waals surface area contributed by atoms with Crippen LogP contribution in [0.2, 0.25) is 0 Å². The minimum Gasteiger partial charge on any atom is -0.364 e. The van der Waals surface area contributed by atoms with Crippen LogP contribution in [0.5, 0.6) is 0 Å². The molecule has 2 aromatic rings. The van der Waals surface area contributed by atoms with Crippen LogP contribution in [-0.4, -0.2) is 10.9 Å². The van der Waals surface area contributed by atoms with E-state index in [1.807, 2.05) is 12.1 Å². The van der Waals surface area contributed by atoms with Crippen molar-refractivity contribution in [3.8, 4) is 0 Å². The van der Waals surface area contributed by atoms with E-state index in [1.54, 1.807) is 6.20 Å². The van der Waals surface area contributed by atoms with Crippen LogP contribution in [0.4, 0.5) is 0 Å². The summed E-state index contributed by atoms with van der Waals surface area (Å²) in [6.07, 6.45) is 4.91. The van der Waals surface area contributed by atoms with E-state index >= 15 is 0 Å². The number of primary amides is 1. The van der Waals surface area contributed by atoms with Crippen molar-refractivity contribution in [3.05, 3.63) is 65.0 Å². The molecule has 1 aliphatic rings. The molecule has 19 heavy (non-hydrogen) atoms. The van der Waals surface area contributed by atoms with E-state index in [9.17, 15) is 4.79 Å². The van der Waals surface area contributed by atoms with Gasteiger partial charge >= 0.3 is 0 Å². The fraction of sp³-hybridized carbons (Fsp3) is 0.250. The lowest BCUT2D eigenvalue weighted by atomic mass is 9.78. The second-order valence-corrected chi connectivity index (χ2v) is 4.95. The molecule has 2 N–H and O–H groups in total. The maximum Gasteiger partial charge on any atom is 0.267 e. The van der Waals surface area contributed by atoms with E-state index in [2.05, 4.69) is 29.2 Å². The Hall–Kier alpha value is -2.16. The fourth-order valence-electron chi connectivity index (χ4n) is 2.98. The highest BCUT2D eigenvalue weighted by Crippen LogP contribution is 2.37. The van der Waals surface area contributed by atoms with Gasteiger partial charge in [-0.25, -0.2) is 0 Å². The summed E-state index contributed by atoms with van der Waals surface area (Å²) >= 11 is 0. The molecule has 3 heteroatoms. The molecular weight excluding hydrogens is 236 g/mol. The molecule has 1 unspecified atom stereocenters. The lowest BCUT2D eigenvalue weighted by Crippen LogP contribution is -2.20. The van der Waals surface area contributed by atoms with Gasteiger partial charge in [0.1, 0.15) is 5.69 Å². The van der Waals surface area contributed by atoms with Crippen molar-refractivity contribution in [3.63, 3.8) is 0 Å². The lowest BCUT2D eigenvalue weighted by molar-refractivity contribution is 0.0994. The molecule has 0 fully saturated rings. The first-order valence-electron chi connectivity index (χ1n) is 6.60. The second-order valence-electron chi connectivity index (χ2n) is 4.95. The molecule has 0 radical (unpaired) electrons. The van der Waals surface area contributed by atoms with Crippen molar-refractivity contribution < 1.29 is 4.79 Å². The van der Waals surface area contributed by atoms with E-state index in [1.165, 1.54) is 11.1 Å². The van der Waals surface area contributed by atoms with Crippen LogP contribution >= 0.6 is 0 Å². The van der Waals surface area contributed by atoms with Gasteiger partial charge in [0.25, 0.3) is 5.91 Å². The summed E-state index contributed by atoms with van der Waals surface area (Å²) in [7, 11) is 0. The zero-order valence-corrected chi connectivity index (χ0v) is 10.7. The van der Waals surface area contributed by atoms with Gasteiger partial charge in [0.05, 0.1) is 0 Å². The molecule has 1 heterocycles. The molecule has 0 bridgehead atoms. The van der Waals surface area contributed by atoms with Crippen molar-refractivity contribution >= 4 is 5.91 Å². The molecule has 0 spiro atoms. The number of nitrogens with two attached hydrogens (primary N) is 1. The SMILES string of the molecule is NC(=O)c1ncccc1C1CCCc2ccccc21. The Balaban J connectivity index is 2.12. The third kappa shape index (κ3) is 2.12. The smallest absolute Gasteiger partial charge is 0.267 e. The molecule has 1 atom stereocenters. The highest BCUT2D eigenvalue weighted by Gasteiger charge is 2.25. The van der Waals surface area contributed by atoms with Crippen molar-refractivity contribution in [2.75, 3.05) is 0 Å². The summed E-state index contributed by atoms with van der Waals surface area (Å²) in [6, 6.07) is 12.3. The average Bonchev–Trinajstić information content (AvgIpc) is 2.46. The second kappa shape index (κ2) is 4.84. The summed E-state index contributed by atoms with van der Waals surface area (Å²) in [4.78, 5) is 15.7. The number of benzene rings is 1. The zero-order chi connectivity index (χ0) is 13.2. The van der Waals surface area contributed by atoms with Crippen molar-refractivity contribution in [1.82, 2.24) is 4.98 Å². The Morgan fingerprint density at radius 2 is 1.95 bits per heavy atom. The Morgan fingerprint density at radius 1 is 1.16 bits per heavy atom. The Bertz CT molecular complexity index is 622. The molecule has 96 valence electrons. The standard InChI is InChI=1S/C16H16N2O/c17-16(19)15-14(9-4-10-18-15)13-8-3-6-11-5-1-2-7-12(11)13/h1-2,4-5,7,9-10,13H,3,6,8H2,(H2,17,19). The summed E-state index contributed by atoms with van der Waals surface area (Å²) in [5.41, 5.74) is 9.49. The molecule has 0 saturated heterocycles. The summed E-state index contributed by atoms with van der Waals surface area (Å²) < 4.78 is 0. The highest BCUT2D eigenvalue weighted by atomic mass is 16.1. The number of hydrogen-bond acceptors (Lipinski definition) is 2. The van der Waals surface area contributed by atoms with Gasteiger partial charge in [0.2, 0.25) is 0 Å². The highest BCUT2D eigenvalue weighted by molar-refractivity contribution is 5.92. The fourth-order valence-corrected chi connectivity index (χ4v) is 2.98. The van der Waals surface area contributed by atoms with Gasteiger partial charge in [0.15, 0.2) is 0 Å². The van der Waals surface area contributed by atoms with Crippen LogP contribution in [-0.2, 0) is 6.42 Å². The van der Waals surface area contributed by atoms with E-state index < -0.39 is 5.91 Å². The Morgan fingerprint density at radius 3 is 2.79 bits per heavy atom. The molecule has 0 aliphatic heterocycles. The number of fused-ring (bicyclic) bond motifs is 1. The molecule has 1 aliphatic carbocycles. The topological polar surface area (TPSA) is 56.0 Å². The minimum absolute atomic E-state index is 0.237. The van der Waals surface area contributed by atoms with Crippen LogP contribution in [0.1, 0.15) is 45.9 Å². The first-order chi connectivity index (χ1) is 9.27. The van der Waals surface area contributed by atoms with Gasteiger partial charge in [-0.15, -0.1) is 0 Å². The minimum atomic E-state index is -0.446. The third-order valence-corrected chi connectivity index (χ3v) is 3.82. The molecule has 1 aromatic carbocycles. The van der Waals surface area contributed by atoms with E-state index in [0.29, 0.717) is 5.69 Å². The number of hydrogen-bond donors (Lipinski definition) is 1. The summed E-state index contributed by atoms with van der Waals surface area (Å²) in [5.74, 6) is -0.209. The maximum atomic E-state index is 11.5. The summed E-state index contributed by atoms with van der Waals surface area (Å²) in [5, 5.41) is 0.